The minimum absolute atomic E-state index is 0.00164. The molecule has 1 aliphatic carbocycles. The maximum absolute atomic E-state index is 13.9. The van der Waals surface area contributed by atoms with Gasteiger partial charge in [-0.25, -0.2) is 0 Å². The van der Waals surface area contributed by atoms with Crippen molar-refractivity contribution in [1.82, 2.24) is 0 Å². The quantitative estimate of drug-likeness (QED) is 0.231. The molecule has 0 amide bonds. The number of anilines is 2. The lowest BCUT2D eigenvalue weighted by molar-refractivity contribution is -0.137. The third-order valence-electron chi connectivity index (χ3n) is 10.3. The van der Waals surface area contributed by atoms with Crippen LogP contribution in [0.3, 0.4) is 0 Å². The van der Waals surface area contributed by atoms with Crippen LogP contribution in [0.15, 0.2) is 108 Å². The van der Waals surface area contributed by atoms with E-state index in [1.54, 1.807) is 6.07 Å². The molecule has 0 atom stereocenters. The number of fused-ring (bicyclic) bond motifs is 3. The van der Waals surface area contributed by atoms with Crippen LogP contribution in [0, 0.1) is 5.92 Å². The summed E-state index contributed by atoms with van der Waals surface area (Å²) in [5.41, 5.74) is 5.27. The van der Waals surface area contributed by atoms with Crippen molar-refractivity contribution in [3.63, 3.8) is 0 Å². The van der Waals surface area contributed by atoms with Crippen molar-refractivity contribution in [2.75, 3.05) is 29.5 Å². The van der Waals surface area contributed by atoms with Gasteiger partial charge < -0.3 is 14.5 Å². The molecule has 1 saturated carbocycles. The highest BCUT2D eigenvalue weighted by Crippen LogP contribution is 2.55. The first kappa shape index (κ1) is 33.0. The molecule has 1 fully saturated rings. The predicted octanol–water partition coefficient (Wildman–Crippen LogP) is 11.0. The van der Waals surface area contributed by atoms with Gasteiger partial charge >= 0.3 is 6.18 Å². The van der Waals surface area contributed by atoms with E-state index >= 15 is 0 Å². The second kappa shape index (κ2) is 13.3. The van der Waals surface area contributed by atoms with E-state index in [4.69, 9.17) is 4.74 Å². The van der Waals surface area contributed by atoms with E-state index in [0.29, 0.717) is 24.6 Å². The highest BCUT2D eigenvalue weighted by atomic mass is 19.4. The third kappa shape index (κ3) is 6.61. The number of rotatable bonds is 9. The zero-order valence-corrected chi connectivity index (χ0v) is 28.1. The predicted molar refractivity (Wildman–Crippen MR) is 187 cm³/mol. The summed E-state index contributed by atoms with van der Waals surface area (Å²) in [6.07, 6.45) is 11.3. The number of allylic oxidation sites excluding steroid dienone is 5. The summed E-state index contributed by atoms with van der Waals surface area (Å²) in [7, 11) is 0. The van der Waals surface area contributed by atoms with E-state index in [0.717, 1.165) is 42.8 Å². The van der Waals surface area contributed by atoms with Gasteiger partial charge in [-0.1, -0.05) is 95.5 Å². The van der Waals surface area contributed by atoms with Crippen LogP contribution in [0.4, 0.5) is 24.5 Å². The molecule has 3 aliphatic rings. The number of para-hydroxylation sites is 2. The van der Waals surface area contributed by atoms with Crippen LogP contribution in [0.1, 0.15) is 82.9 Å². The maximum Gasteiger partial charge on any atom is 0.416 e. The van der Waals surface area contributed by atoms with Crippen molar-refractivity contribution in [2.24, 2.45) is 5.92 Å². The standard InChI is InChI=1S/C41H47F3N2O/c1-30(2)22-25-46-37-18-10-9-17-34(37)40(23-11-6-12-24-40)38(46)19-13-14-32-29-45(26-27-47-33-15-7-5-8-16-33)36-21-20-31(41(42,43)44)28-35(36)39(32,3)4/h5,7-10,13-21,28-30H,6,11-12,22-27H2,1-4H3/b14-13+,38-19+. The molecule has 0 saturated heterocycles. The molecule has 3 aromatic rings. The Balaban J connectivity index is 1.37. The van der Waals surface area contributed by atoms with E-state index in [9.17, 15) is 13.2 Å². The molecule has 6 rings (SSSR count). The van der Waals surface area contributed by atoms with Crippen LogP contribution in [0.5, 0.6) is 5.75 Å². The number of ether oxygens (including phenoxy) is 1. The summed E-state index contributed by atoms with van der Waals surface area (Å²) in [4.78, 5) is 4.59. The van der Waals surface area contributed by atoms with Crippen molar-refractivity contribution in [1.29, 1.82) is 0 Å². The summed E-state index contributed by atoms with van der Waals surface area (Å²) >= 11 is 0. The fourth-order valence-corrected chi connectivity index (χ4v) is 7.67. The molecule has 3 aromatic carbocycles. The van der Waals surface area contributed by atoms with Crippen LogP contribution in [-0.4, -0.2) is 19.7 Å². The van der Waals surface area contributed by atoms with Gasteiger partial charge in [-0.2, -0.15) is 13.2 Å². The van der Waals surface area contributed by atoms with Crippen molar-refractivity contribution in [3.8, 4) is 5.75 Å². The molecule has 3 nitrogen and oxygen atoms in total. The van der Waals surface area contributed by atoms with Crippen molar-refractivity contribution in [3.05, 3.63) is 125 Å². The lowest BCUT2D eigenvalue weighted by Gasteiger charge is -2.39. The van der Waals surface area contributed by atoms with Gasteiger partial charge in [0.25, 0.3) is 0 Å². The zero-order chi connectivity index (χ0) is 33.2. The summed E-state index contributed by atoms with van der Waals surface area (Å²) in [5.74, 6) is 1.36. The van der Waals surface area contributed by atoms with Crippen LogP contribution in [0.2, 0.25) is 0 Å². The molecule has 0 radical (unpaired) electrons. The van der Waals surface area contributed by atoms with E-state index in [1.165, 1.54) is 48.3 Å². The lowest BCUT2D eigenvalue weighted by atomic mass is 9.68. The average molecular weight is 641 g/mol. The Morgan fingerprint density at radius 1 is 0.851 bits per heavy atom. The molecule has 0 unspecified atom stereocenters. The zero-order valence-electron chi connectivity index (χ0n) is 28.1. The van der Waals surface area contributed by atoms with Gasteiger partial charge in [0.2, 0.25) is 0 Å². The molecule has 1 spiro atoms. The molecule has 0 aromatic heterocycles. The Kier molecular flexibility index (Phi) is 9.33. The first-order chi connectivity index (χ1) is 22.5. The molecular formula is C41H47F3N2O. The molecule has 2 heterocycles. The number of benzene rings is 3. The Morgan fingerprint density at radius 3 is 2.30 bits per heavy atom. The fourth-order valence-electron chi connectivity index (χ4n) is 7.67. The van der Waals surface area contributed by atoms with Crippen molar-refractivity contribution < 1.29 is 17.9 Å². The normalized spacial score (nSPS) is 19.4. The lowest BCUT2D eigenvalue weighted by Crippen LogP contribution is -2.34. The van der Waals surface area contributed by atoms with Gasteiger partial charge in [0, 0.05) is 40.6 Å². The van der Waals surface area contributed by atoms with Gasteiger partial charge in [0.1, 0.15) is 12.4 Å². The van der Waals surface area contributed by atoms with Crippen molar-refractivity contribution >= 4 is 11.4 Å². The van der Waals surface area contributed by atoms with Gasteiger partial charge in [-0.3, -0.25) is 0 Å². The largest absolute Gasteiger partial charge is 0.492 e. The molecule has 6 heteroatoms. The molecule has 2 aliphatic heterocycles. The minimum atomic E-state index is -4.42. The first-order valence-corrected chi connectivity index (χ1v) is 17.2. The monoisotopic (exact) mass is 640 g/mol. The van der Waals surface area contributed by atoms with Gasteiger partial charge in [-0.05, 0) is 84.4 Å². The highest BCUT2D eigenvalue weighted by molar-refractivity contribution is 5.72. The van der Waals surface area contributed by atoms with Crippen LogP contribution in [0.25, 0.3) is 0 Å². The van der Waals surface area contributed by atoms with Crippen LogP contribution in [-0.2, 0) is 17.0 Å². The van der Waals surface area contributed by atoms with Gasteiger partial charge in [0.05, 0.1) is 12.1 Å². The van der Waals surface area contributed by atoms with Gasteiger partial charge in [0.15, 0.2) is 0 Å². The van der Waals surface area contributed by atoms with E-state index in [1.807, 2.05) is 49.1 Å². The topological polar surface area (TPSA) is 15.7 Å². The molecule has 0 N–H and O–H groups in total. The number of alkyl halides is 3. The second-order valence-electron chi connectivity index (χ2n) is 14.2. The summed E-state index contributed by atoms with van der Waals surface area (Å²) in [6.45, 7) is 10.5. The summed E-state index contributed by atoms with van der Waals surface area (Å²) in [5, 5.41) is 0. The number of halogens is 3. The van der Waals surface area contributed by atoms with Gasteiger partial charge in [-0.15, -0.1) is 0 Å². The average Bonchev–Trinajstić information content (AvgIpc) is 3.29. The highest BCUT2D eigenvalue weighted by Gasteiger charge is 2.47. The Labute approximate surface area is 278 Å². The maximum atomic E-state index is 13.9. The van der Waals surface area contributed by atoms with E-state index < -0.39 is 17.2 Å². The fraction of sp³-hybridized carbons (Fsp3) is 0.415. The van der Waals surface area contributed by atoms with Crippen LogP contribution < -0.4 is 14.5 Å². The Bertz CT molecular complexity index is 1640. The molecular weight excluding hydrogens is 593 g/mol. The molecule has 248 valence electrons. The van der Waals surface area contributed by atoms with E-state index in [2.05, 4.69) is 67.4 Å². The number of hydrogen-bond acceptors (Lipinski definition) is 3. The first-order valence-electron chi connectivity index (χ1n) is 17.2. The summed E-state index contributed by atoms with van der Waals surface area (Å²) in [6, 6.07) is 22.6. The number of nitrogens with zero attached hydrogens (tertiary/aromatic N) is 2. The van der Waals surface area contributed by atoms with Crippen LogP contribution >= 0.6 is 0 Å². The number of hydrogen-bond donors (Lipinski definition) is 0. The minimum Gasteiger partial charge on any atom is -0.492 e. The molecule has 47 heavy (non-hydrogen) atoms. The molecule has 0 bridgehead atoms. The smallest absolute Gasteiger partial charge is 0.416 e. The van der Waals surface area contributed by atoms with E-state index in [-0.39, 0.29) is 5.41 Å². The summed E-state index contributed by atoms with van der Waals surface area (Å²) < 4.78 is 47.8. The Morgan fingerprint density at radius 2 is 1.57 bits per heavy atom. The van der Waals surface area contributed by atoms with Crippen molar-refractivity contribution in [2.45, 2.75) is 83.2 Å². The second-order valence-corrected chi connectivity index (χ2v) is 14.2. The third-order valence-corrected chi connectivity index (χ3v) is 10.3. The Hall–Kier alpha value is -3.93. The SMILES string of the molecule is CC(C)CCN1/C(=C/C=C/C2=CN(CCOc3ccccc3)c3ccc(C(F)(F)F)cc3C2(C)C)C2(CCCCC2)c2ccccc21.